The second-order valence-electron chi connectivity index (χ2n) is 1.91. The van der Waals surface area contributed by atoms with Gasteiger partial charge in [-0.2, -0.15) is 0 Å². The van der Waals surface area contributed by atoms with E-state index in [-0.39, 0.29) is 6.04 Å². The molecule has 0 fully saturated rings. The fourth-order valence-corrected chi connectivity index (χ4v) is 0.403. The summed E-state index contributed by atoms with van der Waals surface area (Å²) in [6.07, 6.45) is 1.31. The van der Waals surface area contributed by atoms with Gasteiger partial charge in [-0.05, 0) is 13.8 Å². The van der Waals surface area contributed by atoms with Crippen molar-refractivity contribution < 1.29 is 0 Å². The Morgan fingerprint density at radius 1 is 1.33 bits per heavy atom. The van der Waals surface area contributed by atoms with Gasteiger partial charge in [-0.25, -0.2) is 0 Å². The first kappa shape index (κ1) is 9.54. The van der Waals surface area contributed by atoms with E-state index in [2.05, 4.69) is 4.99 Å². The Morgan fingerprint density at radius 3 is 1.89 bits per heavy atom. The number of rotatable bonds is 1. The molecular weight excluding hydrogens is 180 g/mol. The number of halogens is 3. The lowest BCUT2D eigenvalue weighted by molar-refractivity contribution is 0.839. The van der Waals surface area contributed by atoms with Crippen LogP contribution in [0.1, 0.15) is 13.8 Å². The third kappa shape index (κ3) is 8.54. The van der Waals surface area contributed by atoms with Gasteiger partial charge in [0, 0.05) is 6.04 Å². The quantitative estimate of drug-likeness (QED) is 0.443. The van der Waals surface area contributed by atoms with E-state index in [0.29, 0.717) is 0 Å². The highest BCUT2D eigenvalue weighted by Gasteiger charge is 2.14. The highest BCUT2D eigenvalue weighted by molar-refractivity contribution is 6.74. The van der Waals surface area contributed by atoms with Crippen molar-refractivity contribution in [1.29, 1.82) is 0 Å². The Bertz CT molecular complexity index is 103. The van der Waals surface area contributed by atoms with Crippen LogP contribution in [0.2, 0.25) is 0 Å². The van der Waals surface area contributed by atoms with E-state index in [1.165, 1.54) is 6.21 Å². The standard InChI is InChI=1S/C5H8Cl3N/c1-4(2)9-3-5(6,7)8/h3-4H,1-2H3. The summed E-state index contributed by atoms with van der Waals surface area (Å²) in [7, 11) is 0. The van der Waals surface area contributed by atoms with E-state index < -0.39 is 3.79 Å². The predicted molar refractivity (Wildman–Crippen MR) is 43.9 cm³/mol. The largest absolute Gasteiger partial charge is 0.290 e. The first-order chi connectivity index (χ1) is 3.92. The molecule has 0 heterocycles. The normalized spacial score (nSPS) is 13.6. The lowest BCUT2D eigenvalue weighted by Crippen LogP contribution is -2.05. The van der Waals surface area contributed by atoms with Gasteiger partial charge >= 0.3 is 0 Å². The number of alkyl halides is 3. The number of aliphatic imine (C=N–C) groups is 1. The summed E-state index contributed by atoms with van der Waals surface area (Å²) in [6, 6.07) is 0.181. The molecule has 0 saturated heterocycles. The highest BCUT2D eigenvalue weighted by atomic mass is 35.6. The molecular formula is C5H8Cl3N. The van der Waals surface area contributed by atoms with Gasteiger partial charge < -0.3 is 0 Å². The summed E-state index contributed by atoms with van der Waals surface area (Å²) in [5.74, 6) is 0. The highest BCUT2D eigenvalue weighted by Crippen LogP contribution is 2.23. The third-order valence-corrected chi connectivity index (χ3v) is 0.812. The molecule has 0 aliphatic heterocycles. The van der Waals surface area contributed by atoms with Crippen LogP contribution in [-0.2, 0) is 0 Å². The number of hydrogen-bond donors (Lipinski definition) is 0. The summed E-state index contributed by atoms with van der Waals surface area (Å²) in [5.41, 5.74) is 0. The smallest absolute Gasteiger partial charge is 0.225 e. The summed E-state index contributed by atoms with van der Waals surface area (Å²) >= 11 is 16.1. The SMILES string of the molecule is CC(C)N=CC(Cl)(Cl)Cl. The van der Waals surface area contributed by atoms with Crippen molar-refractivity contribution >= 4 is 41.0 Å². The average molecular weight is 188 g/mol. The summed E-state index contributed by atoms with van der Waals surface area (Å²) < 4.78 is -1.34. The molecule has 0 atom stereocenters. The third-order valence-electron chi connectivity index (χ3n) is 0.519. The second-order valence-corrected chi connectivity index (χ2v) is 4.28. The monoisotopic (exact) mass is 187 g/mol. The molecule has 54 valence electrons. The molecule has 0 unspecified atom stereocenters. The molecule has 0 saturated carbocycles. The van der Waals surface area contributed by atoms with E-state index in [9.17, 15) is 0 Å². The molecule has 0 aliphatic rings. The van der Waals surface area contributed by atoms with Crippen LogP contribution >= 0.6 is 34.8 Å². The van der Waals surface area contributed by atoms with Gasteiger partial charge in [-0.15, -0.1) is 0 Å². The van der Waals surface area contributed by atoms with Crippen LogP contribution in [0.3, 0.4) is 0 Å². The van der Waals surface area contributed by atoms with Crippen molar-refractivity contribution in [3.05, 3.63) is 0 Å². The van der Waals surface area contributed by atoms with Gasteiger partial charge in [-0.1, -0.05) is 34.8 Å². The number of hydrogen-bond acceptors (Lipinski definition) is 1. The van der Waals surface area contributed by atoms with E-state index in [1.807, 2.05) is 13.8 Å². The van der Waals surface area contributed by atoms with Crippen LogP contribution in [0.4, 0.5) is 0 Å². The van der Waals surface area contributed by atoms with Crippen molar-refractivity contribution in [2.45, 2.75) is 23.7 Å². The first-order valence-corrected chi connectivity index (χ1v) is 3.66. The molecule has 0 rings (SSSR count). The number of nitrogens with zero attached hydrogens (tertiary/aromatic N) is 1. The fraction of sp³-hybridized carbons (Fsp3) is 0.800. The minimum absolute atomic E-state index is 0.181. The van der Waals surface area contributed by atoms with E-state index in [0.717, 1.165) is 0 Å². The Hall–Kier alpha value is 0.540. The lowest BCUT2D eigenvalue weighted by Gasteiger charge is -2.02. The van der Waals surface area contributed by atoms with Crippen molar-refractivity contribution in [3.8, 4) is 0 Å². The molecule has 0 spiro atoms. The Labute approximate surface area is 70.0 Å². The topological polar surface area (TPSA) is 12.4 Å². The molecule has 0 aromatic heterocycles. The minimum Gasteiger partial charge on any atom is -0.290 e. The molecule has 0 N–H and O–H groups in total. The van der Waals surface area contributed by atoms with Gasteiger partial charge in [0.05, 0.1) is 6.21 Å². The van der Waals surface area contributed by atoms with Crippen LogP contribution in [0.25, 0.3) is 0 Å². The Kier molecular flexibility index (Phi) is 3.86. The van der Waals surface area contributed by atoms with Crippen molar-refractivity contribution in [3.63, 3.8) is 0 Å². The molecule has 1 nitrogen and oxygen atoms in total. The van der Waals surface area contributed by atoms with E-state index in [4.69, 9.17) is 34.8 Å². The van der Waals surface area contributed by atoms with Gasteiger partial charge in [0.2, 0.25) is 3.79 Å². The van der Waals surface area contributed by atoms with Gasteiger partial charge in [0.15, 0.2) is 0 Å². The maximum Gasteiger partial charge on any atom is 0.225 e. The van der Waals surface area contributed by atoms with E-state index >= 15 is 0 Å². The first-order valence-electron chi connectivity index (χ1n) is 2.53. The maximum absolute atomic E-state index is 5.36. The van der Waals surface area contributed by atoms with Crippen LogP contribution in [0.5, 0.6) is 0 Å². The molecule has 9 heavy (non-hydrogen) atoms. The van der Waals surface area contributed by atoms with Crippen molar-refractivity contribution in [2.75, 3.05) is 0 Å². The molecule has 0 aromatic carbocycles. The zero-order valence-electron chi connectivity index (χ0n) is 5.24. The van der Waals surface area contributed by atoms with Crippen molar-refractivity contribution in [1.82, 2.24) is 0 Å². The molecule has 0 aliphatic carbocycles. The summed E-state index contributed by atoms with van der Waals surface area (Å²) in [5, 5.41) is 0. The molecule has 0 bridgehead atoms. The molecule has 0 radical (unpaired) electrons. The van der Waals surface area contributed by atoms with Crippen LogP contribution < -0.4 is 0 Å². The zero-order chi connectivity index (χ0) is 7.49. The van der Waals surface area contributed by atoms with Gasteiger partial charge in [0.1, 0.15) is 0 Å². The lowest BCUT2D eigenvalue weighted by atomic mass is 10.4. The zero-order valence-corrected chi connectivity index (χ0v) is 7.50. The molecule has 0 amide bonds. The van der Waals surface area contributed by atoms with Gasteiger partial charge in [0.25, 0.3) is 0 Å². The minimum atomic E-state index is -1.34. The van der Waals surface area contributed by atoms with Gasteiger partial charge in [-0.3, -0.25) is 4.99 Å². The predicted octanol–water partition coefficient (Wildman–Crippen LogP) is 2.84. The van der Waals surface area contributed by atoms with Crippen LogP contribution in [0.15, 0.2) is 4.99 Å². The fourth-order valence-electron chi connectivity index (χ4n) is 0.234. The summed E-state index contributed by atoms with van der Waals surface area (Å²) in [4.78, 5) is 3.88. The summed E-state index contributed by atoms with van der Waals surface area (Å²) in [6.45, 7) is 3.82. The van der Waals surface area contributed by atoms with E-state index in [1.54, 1.807) is 0 Å². The Morgan fingerprint density at radius 2 is 1.78 bits per heavy atom. The average Bonchev–Trinajstić information content (AvgIpc) is 1.59. The van der Waals surface area contributed by atoms with Crippen molar-refractivity contribution in [2.24, 2.45) is 4.99 Å². The molecule has 0 aromatic rings. The Balaban J connectivity index is 3.71. The van der Waals surface area contributed by atoms with Crippen LogP contribution in [-0.4, -0.2) is 16.0 Å². The molecule has 4 heteroatoms. The second kappa shape index (κ2) is 3.65. The van der Waals surface area contributed by atoms with Crippen LogP contribution in [0, 0.1) is 0 Å². The maximum atomic E-state index is 5.36.